The Morgan fingerprint density at radius 3 is 3.08 bits per heavy atom. The largest absolute Gasteiger partial charge is 0.289 e. The third-order valence-electron chi connectivity index (χ3n) is 1.71. The quantitative estimate of drug-likeness (QED) is 0.697. The van der Waals surface area contributed by atoms with Crippen molar-refractivity contribution >= 4 is 33.2 Å². The molecule has 0 aliphatic heterocycles. The van der Waals surface area contributed by atoms with E-state index >= 15 is 0 Å². The van der Waals surface area contributed by atoms with Gasteiger partial charge in [-0.2, -0.15) is 0 Å². The number of rotatable bonds is 0. The van der Waals surface area contributed by atoms with Gasteiger partial charge in [-0.1, -0.05) is 11.6 Å². The van der Waals surface area contributed by atoms with Gasteiger partial charge in [-0.25, -0.2) is 4.98 Å². The third-order valence-corrected chi connectivity index (χ3v) is 2.42. The van der Waals surface area contributed by atoms with E-state index in [4.69, 9.17) is 11.6 Å². The normalized spacial score (nSPS) is 10.9. The highest BCUT2D eigenvalue weighted by Gasteiger charge is 2.03. The number of aromatic nitrogens is 2. The molecule has 2 aromatic rings. The lowest BCUT2D eigenvalue weighted by molar-refractivity contribution is 1.15. The summed E-state index contributed by atoms with van der Waals surface area (Å²) < 4.78 is 2.86. The van der Waals surface area contributed by atoms with Crippen molar-refractivity contribution in [2.24, 2.45) is 0 Å². The van der Waals surface area contributed by atoms with E-state index in [0.29, 0.717) is 5.15 Å². The fraction of sp³-hybridized carbons (Fsp3) is 0.125. The Labute approximate surface area is 83.3 Å². The van der Waals surface area contributed by atoms with Gasteiger partial charge in [0.2, 0.25) is 0 Å². The number of nitrogens with zero attached hydrogens (tertiary/aromatic N) is 2. The molecule has 0 radical (unpaired) electrons. The fourth-order valence-corrected chi connectivity index (χ4v) is 1.91. The standard InChI is InChI=1S/C8H6BrClN2/c1-5-2-6(9)4-12-7(10)3-11-8(5)12/h2-4H,1H3. The third kappa shape index (κ3) is 1.13. The Morgan fingerprint density at radius 1 is 1.58 bits per heavy atom. The average Bonchev–Trinajstić information content (AvgIpc) is 2.33. The van der Waals surface area contributed by atoms with Gasteiger partial charge in [0.05, 0.1) is 6.20 Å². The van der Waals surface area contributed by atoms with Crippen LogP contribution in [0.15, 0.2) is 22.9 Å². The van der Waals surface area contributed by atoms with Crippen molar-refractivity contribution in [2.45, 2.75) is 6.92 Å². The molecule has 0 amide bonds. The molecule has 12 heavy (non-hydrogen) atoms. The number of hydrogen-bond donors (Lipinski definition) is 0. The second-order valence-electron chi connectivity index (χ2n) is 2.62. The second-order valence-corrected chi connectivity index (χ2v) is 3.92. The van der Waals surface area contributed by atoms with Gasteiger partial charge >= 0.3 is 0 Å². The van der Waals surface area contributed by atoms with Gasteiger partial charge in [0.1, 0.15) is 10.8 Å². The molecule has 0 aliphatic rings. The lowest BCUT2D eigenvalue weighted by Crippen LogP contribution is -1.87. The zero-order valence-corrected chi connectivity index (χ0v) is 8.72. The highest BCUT2D eigenvalue weighted by Crippen LogP contribution is 2.19. The van der Waals surface area contributed by atoms with E-state index in [1.807, 2.05) is 23.6 Å². The molecule has 0 saturated carbocycles. The van der Waals surface area contributed by atoms with E-state index in [0.717, 1.165) is 15.7 Å². The Morgan fingerprint density at radius 2 is 2.33 bits per heavy atom. The number of fused-ring (bicyclic) bond motifs is 1. The maximum Gasteiger partial charge on any atom is 0.140 e. The van der Waals surface area contributed by atoms with Crippen molar-refractivity contribution < 1.29 is 0 Å². The smallest absolute Gasteiger partial charge is 0.140 e. The molecule has 0 aliphatic carbocycles. The summed E-state index contributed by atoms with van der Waals surface area (Å²) in [6, 6.07) is 2.01. The first-order chi connectivity index (χ1) is 5.68. The number of halogens is 2. The Hall–Kier alpha value is -0.540. The van der Waals surface area contributed by atoms with E-state index in [1.165, 1.54) is 0 Å². The molecule has 2 heterocycles. The van der Waals surface area contributed by atoms with Crippen LogP contribution in [0.5, 0.6) is 0 Å². The SMILES string of the molecule is Cc1cc(Br)cn2c(Cl)cnc12. The van der Waals surface area contributed by atoms with Crippen molar-refractivity contribution in [1.82, 2.24) is 9.38 Å². The van der Waals surface area contributed by atoms with Crippen molar-refractivity contribution in [3.63, 3.8) is 0 Å². The van der Waals surface area contributed by atoms with Crippen molar-refractivity contribution in [3.05, 3.63) is 33.6 Å². The van der Waals surface area contributed by atoms with Gasteiger partial charge in [0.15, 0.2) is 0 Å². The minimum atomic E-state index is 0.634. The summed E-state index contributed by atoms with van der Waals surface area (Å²) in [5.74, 6) is 0. The summed E-state index contributed by atoms with van der Waals surface area (Å²) in [5.41, 5.74) is 2.01. The summed E-state index contributed by atoms with van der Waals surface area (Å²) in [7, 11) is 0. The fourth-order valence-electron chi connectivity index (χ4n) is 1.19. The van der Waals surface area contributed by atoms with Crippen molar-refractivity contribution in [1.29, 1.82) is 0 Å². The van der Waals surface area contributed by atoms with E-state index in [-0.39, 0.29) is 0 Å². The summed E-state index contributed by atoms with van der Waals surface area (Å²) in [6.07, 6.45) is 3.55. The summed E-state index contributed by atoms with van der Waals surface area (Å²) >= 11 is 9.29. The molecular formula is C8H6BrClN2. The zero-order chi connectivity index (χ0) is 8.72. The number of aryl methyl sites for hydroxylation is 1. The molecule has 2 rings (SSSR count). The first-order valence-electron chi connectivity index (χ1n) is 3.47. The molecule has 0 N–H and O–H groups in total. The maximum absolute atomic E-state index is 5.90. The molecular weight excluding hydrogens is 239 g/mol. The molecule has 0 atom stereocenters. The Balaban J connectivity index is 2.92. The molecule has 2 aromatic heterocycles. The molecule has 0 unspecified atom stereocenters. The van der Waals surface area contributed by atoms with Gasteiger partial charge in [0, 0.05) is 10.7 Å². The number of hydrogen-bond acceptors (Lipinski definition) is 1. The van der Waals surface area contributed by atoms with Crippen LogP contribution < -0.4 is 0 Å². The van der Waals surface area contributed by atoms with E-state index in [9.17, 15) is 0 Å². The average molecular weight is 246 g/mol. The van der Waals surface area contributed by atoms with Gasteiger partial charge in [0.25, 0.3) is 0 Å². The molecule has 0 aromatic carbocycles. The van der Waals surface area contributed by atoms with E-state index in [1.54, 1.807) is 6.20 Å². The first-order valence-corrected chi connectivity index (χ1v) is 4.64. The van der Waals surface area contributed by atoms with Crippen LogP contribution in [0.1, 0.15) is 5.56 Å². The lowest BCUT2D eigenvalue weighted by atomic mass is 10.3. The van der Waals surface area contributed by atoms with E-state index in [2.05, 4.69) is 20.9 Å². The van der Waals surface area contributed by atoms with Crippen LogP contribution in [0.25, 0.3) is 5.65 Å². The van der Waals surface area contributed by atoms with Crippen LogP contribution in [-0.2, 0) is 0 Å². The van der Waals surface area contributed by atoms with Gasteiger partial charge in [-0.05, 0) is 34.5 Å². The van der Waals surface area contributed by atoms with Crippen LogP contribution in [0.3, 0.4) is 0 Å². The second kappa shape index (κ2) is 2.75. The topological polar surface area (TPSA) is 17.3 Å². The highest BCUT2D eigenvalue weighted by molar-refractivity contribution is 9.10. The minimum Gasteiger partial charge on any atom is -0.289 e. The molecule has 62 valence electrons. The summed E-state index contributed by atoms with van der Waals surface area (Å²) in [6.45, 7) is 2.00. The Kier molecular flexibility index (Phi) is 1.85. The van der Waals surface area contributed by atoms with Crippen LogP contribution >= 0.6 is 27.5 Å². The van der Waals surface area contributed by atoms with Gasteiger partial charge in [-0.3, -0.25) is 4.40 Å². The molecule has 2 nitrogen and oxygen atoms in total. The lowest BCUT2D eigenvalue weighted by Gasteiger charge is -1.99. The molecule has 0 spiro atoms. The monoisotopic (exact) mass is 244 g/mol. The number of pyridine rings is 1. The summed E-state index contributed by atoms with van der Waals surface area (Å²) in [4.78, 5) is 4.17. The predicted octanol–water partition coefficient (Wildman–Crippen LogP) is 3.06. The minimum absolute atomic E-state index is 0.634. The van der Waals surface area contributed by atoms with Gasteiger partial charge in [-0.15, -0.1) is 0 Å². The van der Waals surface area contributed by atoms with Crippen molar-refractivity contribution in [3.8, 4) is 0 Å². The van der Waals surface area contributed by atoms with Crippen LogP contribution in [-0.4, -0.2) is 9.38 Å². The number of imidazole rings is 1. The predicted molar refractivity (Wildman–Crippen MR) is 52.6 cm³/mol. The first kappa shape index (κ1) is 8.08. The molecule has 0 saturated heterocycles. The molecule has 0 fully saturated rings. The summed E-state index contributed by atoms with van der Waals surface area (Å²) in [5, 5.41) is 0.634. The van der Waals surface area contributed by atoms with Crippen LogP contribution in [0.4, 0.5) is 0 Å². The molecule has 0 bridgehead atoms. The van der Waals surface area contributed by atoms with Crippen molar-refractivity contribution in [2.75, 3.05) is 0 Å². The maximum atomic E-state index is 5.90. The van der Waals surface area contributed by atoms with Gasteiger partial charge < -0.3 is 0 Å². The molecule has 4 heteroatoms. The van der Waals surface area contributed by atoms with Crippen LogP contribution in [0.2, 0.25) is 5.15 Å². The Bertz CT molecular complexity index is 436. The zero-order valence-electron chi connectivity index (χ0n) is 6.38. The van der Waals surface area contributed by atoms with E-state index < -0.39 is 0 Å². The highest BCUT2D eigenvalue weighted by atomic mass is 79.9. The van der Waals surface area contributed by atoms with Crippen LogP contribution in [0, 0.1) is 6.92 Å².